The summed E-state index contributed by atoms with van der Waals surface area (Å²) in [4.78, 5) is 27.0. The van der Waals surface area contributed by atoms with Crippen LogP contribution in [-0.4, -0.2) is 74.9 Å². The highest BCUT2D eigenvalue weighted by Crippen LogP contribution is 2.23. The fourth-order valence-electron chi connectivity index (χ4n) is 4.33. The van der Waals surface area contributed by atoms with Crippen LogP contribution in [0.5, 0.6) is 0 Å². The average Bonchev–Trinajstić information content (AvgIpc) is 2.86. The number of aromatic nitrogens is 2. The first-order valence-corrected chi connectivity index (χ1v) is 14.4. The number of primary amides is 1. The third-order valence-electron chi connectivity index (χ3n) is 6.47. The van der Waals surface area contributed by atoms with Crippen molar-refractivity contribution in [2.45, 2.75) is 39.8 Å². The third kappa shape index (κ3) is 8.31. The number of allylic oxidation sites excluding steroid dienone is 2. The Bertz CT molecular complexity index is 1180. The highest BCUT2D eigenvalue weighted by atomic mass is 32.2. The quantitative estimate of drug-likeness (QED) is 0.410. The Morgan fingerprint density at radius 1 is 1.16 bits per heavy atom. The van der Waals surface area contributed by atoms with Gasteiger partial charge in [0.05, 0.1) is 12.1 Å². The molecule has 8 nitrogen and oxygen atoms in total. The minimum atomic E-state index is -1.05. The summed E-state index contributed by atoms with van der Waals surface area (Å²) >= 11 is 0. The van der Waals surface area contributed by atoms with Crippen LogP contribution in [0.4, 0.5) is 5.82 Å². The molecule has 2 unspecified atom stereocenters. The summed E-state index contributed by atoms with van der Waals surface area (Å²) in [6.07, 6.45) is 8.70. The molecular weight excluding hydrogens is 484 g/mol. The van der Waals surface area contributed by atoms with Crippen LogP contribution in [0, 0.1) is 5.92 Å². The van der Waals surface area contributed by atoms with Gasteiger partial charge in [-0.3, -0.25) is 18.8 Å². The number of nitrogens with zero attached hydrogens (tertiary/aromatic N) is 4. The van der Waals surface area contributed by atoms with Crippen molar-refractivity contribution in [1.82, 2.24) is 19.8 Å². The van der Waals surface area contributed by atoms with Crippen LogP contribution in [0.2, 0.25) is 0 Å². The predicted molar refractivity (Wildman–Crippen MR) is 153 cm³/mol. The van der Waals surface area contributed by atoms with Crippen LogP contribution < -0.4 is 11.1 Å². The maximum Gasteiger partial charge on any atom is 0.240 e. The van der Waals surface area contributed by atoms with E-state index in [0.717, 1.165) is 55.9 Å². The van der Waals surface area contributed by atoms with Crippen molar-refractivity contribution in [3.05, 3.63) is 65.4 Å². The number of hydrogen-bond donors (Lipinski definition) is 2. The molecule has 1 aromatic heterocycles. The Hall–Kier alpha value is -2.88. The summed E-state index contributed by atoms with van der Waals surface area (Å²) < 4.78 is 11.6. The minimum absolute atomic E-state index is 0.0337. The number of rotatable bonds is 12. The molecule has 2 aromatic rings. The van der Waals surface area contributed by atoms with E-state index in [1.807, 2.05) is 50.3 Å². The number of carbonyl (C=O) groups is 1. The number of hydrogen-bond acceptors (Lipinski definition) is 7. The SMILES string of the molecule is C=C(/C=C\C(=C/CC)CN1CCN(Cc2nc(NC(C(N)=O)C(C)C)c3ccccc3n2)CC1)S(C)=O. The van der Waals surface area contributed by atoms with Gasteiger partial charge in [0.2, 0.25) is 5.91 Å². The lowest BCUT2D eigenvalue weighted by molar-refractivity contribution is -0.119. The summed E-state index contributed by atoms with van der Waals surface area (Å²) in [6, 6.07) is 7.32. The molecule has 1 aliphatic heterocycles. The fraction of sp³-hybridized carbons (Fsp3) is 0.464. The number of benzene rings is 1. The van der Waals surface area contributed by atoms with Gasteiger partial charge in [-0.15, -0.1) is 0 Å². The van der Waals surface area contributed by atoms with Crippen LogP contribution in [0.3, 0.4) is 0 Å². The van der Waals surface area contributed by atoms with Crippen molar-refractivity contribution in [3.63, 3.8) is 0 Å². The average molecular weight is 525 g/mol. The summed E-state index contributed by atoms with van der Waals surface area (Å²) in [5.41, 5.74) is 7.70. The lowest BCUT2D eigenvalue weighted by atomic mass is 10.0. The predicted octanol–water partition coefficient (Wildman–Crippen LogP) is 3.45. The number of para-hydroxylation sites is 1. The lowest BCUT2D eigenvalue weighted by Gasteiger charge is -2.34. The maximum atomic E-state index is 12.0. The first kappa shape index (κ1) is 28.7. The van der Waals surface area contributed by atoms with Crippen molar-refractivity contribution < 1.29 is 9.00 Å². The van der Waals surface area contributed by atoms with Gasteiger partial charge in [0.15, 0.2) is 0 Å². The van der Waals surface area contributed by atoms with Crippen LogP contribution in [0.25, 0.3) is 10.9 Å². The molecule has 2 heterocycles. The Balaban J connectivity index is 1.67. The minimum Gasteiger partial charge on any atom is -0.368 e. The van der Waals surface area contributed by atoms with Gasteiger partial charge in [-0.2, -0.15) is 0 Å². The maximum absolute atomic E-state index is 12.0. The van der Waals surface area contributed by atoms with Crippen LogP contribution in [-0.2, 0) is 22.1 Å². The van der Waals surface area contributed by atoms with Crippen LogP contribution in [0.1, 0.15) is 33.0 Å². The van der Waals surface area contributed by atoms with Gasteiger partial charge in [-0.1, -0.05) is 51.6 Å². The lowest BCUT2D eigenvalue weighted by Crippen LogP contribution is -2.46. The van der Waals surface area contributed by atoms with Crippen molar-refractivity contribution in [2.75, 3.05) is 44.3 Å². The largest absolute Gasteiger partial charge is 0.368 e. The van der Waals surface area contributed by atoms with Crippen LogP contribution in [0.15, 0.2) is 59.6 Å². The van der Waals surface area contributed by atoms with E-state index < -0.39 is 22.7 Å². The molecule has 0 aliphatic carbocycles. The molecular formula is C28H40N6O2S. The number of amides is 1. The molecule has 1 aromatic carbocycles. The molecule has 0 saturated carbocycles. The molecule has 37 heavy (non-hydrogen) atoms. The normalized spacial score (nSPS) is 17.4. The van der Waals surface area contributed by atoms with Gasteiger partial charge in [-0.05, 0) is 36.1 Å². The summed E-state index contributed by atoms with van der Waals surface area (Å²) in [5, 5.41) is 4.15. The number of nitrogens with one attached hydrogen (secondary N) is 1. The molecule has 0 radical (unpaired) electrons. The number of piperazine rings is 1. The number of carbonyl (C=O) groups excluding carboxylic acids is 1. The zero-order valence-corrected chi connectivity index (χ0v) is 23.3. The van der Waals surface area contributed by atoms with E-state index in [1.165, 1.54) is 5.57 Å². The molecule has 0 bridgehead atoms. The van der Waals surface area contributed by atoms with E-state index in [-0.39, 0.29) is 5.92 Å². The van der Waals surface area contributed by atoms with E-state index in [1.54, 1.807) is 6.26 Å². The van der Waals surface area contributed by atoms with Gasteiger partial charge in [0, 0.05) is 60.1 Å². The summed E-state index contributed by atoms with van der Waals surface area (Å²) in [6.45, 7) is 15.1. The van der Waals surface area contributed by atoms with Gasteiger partial charge < -0.3 is 11.1 Å². The van der Waals surface area contributed by atoms with Crippen molar-refractivity contribution in [3.8, 4) is 0 Å². The molecule has 3 N–H and O–H groups in total. The topological polar surface area (TPSA) is 104 Å². The Morgan fingerprint density at radius 2 is 1.84 bits per heavy atom. The highest BCUT2D eigenvalue weighted by molar-refractivity contribution is 7.88. The molecule has 2 atom stereocenters. The number of fused-ring (bicyclic) bond motifs is 1. The van der Waals surface area contributed by atoms with E-state index >= 15 is 0 Å². The zero-order valence-electron chi connectivity index (χ0n) is 22.4. The van der Waals surface area contributed by atoms with Crippen molar-refractivity contribution in [1.29, 1.82) is 0 Å². The first-order valence-electron chi connectivity index (χ1n) is 12.8. The van der Waals surface area contributed by atoms with E-state index in [2.05, 4.69) is 34.7 Å². The molecule has 1 fully saturated rings. The van der Waals surface area contributed by atoms with E-state index in [0.29, 0.717) is 17.3 Å². The fourth-order valence-corrected chi connectivity index (χ4v) is 4.59. The highest BCUT2D eigenvalue weighted by Gasteiger charge is 2.23. The Morgan fingerprint density at radius 3 is 2.46 bits per heavy atom. The smallest absolute Gasteiger partial charge is 0.240 e. The molecule has 1 aliphatic rings. The van der Waals surface area contributed by atoms with Crippen molar-refractivity contribution in [2.24, 2.45) is 11.7 Å². The second-order valence-corrected chi connectivity index (χ2v) is 11.2. The molecule has 1 saturated heterocycles. The van der Waals surface area contributed by atoms with Crippen molar-refractivity contribution >= 4 is 33.4 Å². The number of nitrogens with two attached hydrogens (primary N) is 1. The standard InChI is InChI=1S/C28H40N6O2S/c1-6-9-22(13-12-21(4)37(5)36)18-33-14-16-34(17-15-33)19-25-30-24-11-8-7-10-23(24)28(31-25)32-26(20(2)3)27(29)35/h7-13,20,26H,4,6,14-19H2,1-3,5H3,(H2,29,35)(H,30,31,32)/b13-12-,22-9+. The monoisotopic (exact) mass is 524 g/mol. The number of anilines is 1. The Kier molecular flexibility index (Phi) is 10.5. The van der Waals surface area contributed by atoms with Gasteiger partial charge in [-0.25, -0.2) is 9.97 Å². The van der Waals surface area contributed by atoms with Gasteiger partial charge >= 0.3 is 0 Å². The zero-order chi connectivity index (χ0) is 26.9. The van der Waals surface area contributed by atoms with E-state index in [4.69, 9.17) is 15.7 Å². The summed E-state index contributed by atoms with van der Waals surface area (Å²) in [5.74, 6) is 1.01. The van der Waals surface area contributed by atoms with E-state index in [9.17, 15) is 9.00 Å². The molecule has 200 valence electrons. The molecule has 3 rings (SSSR count). The second kappa shape index (κ2) is 13.6. The third-order valence-corrected chi connectivity index (χ3v) is 7.34. The Labute approximate surface area is 223 Å². The van der Waals surface area contributed by atoms with Crippen LogP contribution >= 0.6 is 0 Å². The second-order valence-electron chi connectivity index (χ2n) is 9.77. The van der Waals surface area contributed by atoms with Gasteiger partial charge in [0.25, 0.3) is 0 Å². The van der Waals surface area contributed by atoms with Gasteiger partial charge in [0.1, 0.15) is 17.7 Å². The molecule has 0 spiro atoms. The summed E-state index contributed by atoms with van der Waals surface area (Å²) in [7, 11) is -1.05. The molecule has 9 heteroatoms. The molecule has 1 amide bonds. The first-order chi connectivity index (χ1) is 17.7.